The fourth-order valence-corrected chi connectivity index (χ4v) is 7.61. The second kappa shape index (κ2) is 19.7. The lowest BCUT2D eigenvalue weighted by molar-refractivity contribution is -0.384. The van der Waals surface area contributed by atoms with Crippen LogP contribution in [0.2, 0.25) is 5.15 Å². The van der Waals surface area contributed by atoms with Crippen molar-refractivity contribution >= 4 is 79.4 Å². The Labute approximate surface area is 374 Å². The van der Waals surface area contributed by atoms with E-state index >= 15 is 0 Å². The lowest BCUT2D eigenvalue weighted by Gasteiger charge is -2.28. The Morgan fingerprint density at radius 3 is 1.80 bits per heavy atom. The highest BCUT2D eigenvalue weighted by Gasteiger charge is 2.17. The first-order chi connectivity index (χ1) is 30.8. The number of nitro benzene ring substituents is 1. The van der Waals surface area contributed by atoms with Gasteiger partial charge >= 0.3 is 0 Å². The number of non-ortho nitro benzene ring substituents is 1. The first-order valence-corrected chi connectivity index (χ1v) is 20.7. The van der Waals surface area contributed by atoms with Crippen molar-refractivity contribution in [3.05, 3.63) is 143 Å². The normalized spacial score (nSPS) is 13.7. The van der Waals surface area contributed by atoms with E-state index in [0.717, 1.165) is 91.8 Å². The minimum atomic E-state index is -0.440. The third kappa shape index (κ3) is 9.89. The van der Waals surface area contributed by atoms with Crippen LogP contribution in [0.3, 0.4) is 0 Å². The van der Waals surface area contributed by atoms with Crippen molar-refractivity contribution in [3.63, 3.8) is 0 Å². The van der Waals surface area contributed by atoms with Gasteiger partial charge in [-0.2, -0.15) is 0 Å². The average molecular weight is 877 g/mol. The summed E-state index contributed by atoms with van der Waals surface area (Å²) in [6.07, 6.45) is 5.16. The third-order valence-electron chi connectivity index (χ3n) is 10.6. The van der Waals surface area contributed by atoms with Gasteiger partial charge in [-0.05, 0) is 72.8 Å². The number of nitro groups is 1. The molecule has 0 aliphatic carbocycles. The second-order valence-electron chi connectivity index (χ2n) is 14.7. The first kappa shape index (κ1) is 43.1. The average Bonchev–Trinajstić information content (AvgIpc) is 3.32. The molecule has 2 aliphatic heterocycles. The largest absolute Gasteiger partial charge is 0.399 e. The van der Waals surface area contributed by atoms with E-state index in [9.17, 15) is 10.1 Å². The third-order valence-corrected chi connectivity index (χ3v) is 10.8. The van der Waals surface area contributed by atoms with Crippen LogP contribution < -0.4 is 26.2 Å². The highest BCUT2D eigenvalue weighted by atomic mass is 35.5. The summed E-state index contributed by atoms with van der Waals surface area (Å²) in [7, 11) is 0. The molecule has 324 valence electrons. The van der Waals surface area contributed by atoms with Crippen LogP contribution >= 0.6 is 11.6 Å². The van der Waals surface area contributed by atoms with Crippen molar-refractivity contribution < 1.29 is 14.4 Å². The van der Waals surface area contributed by atoms with E-state index in [1.807, 2.05) is 72.9 Å². The molecule has 10 rings (SSSR count). The van der Waals surface area contributed by atoms with Gasteiger partial charge in [0.25, 0.3) is 5.69 Å². The predicted octanol–water partition coefficient (Wildman–Crippen LogP) is 9.32. The molecule has 2 saturated heterocycles. The van der Waals surface area contributed by atoms with E-state index < -0.39 is 4.92 Å². The van der Waals surface area contributed by atoms with Crippen molar-refractivity contribution in [2.45, 2.75) is 7.43 Å². The van der Waals surface area contributed by atoms with Gasteiger partial charge in [0.2, 0.25) is 11.9 Å². The topological polar surface area (TPSA) is 195 Å². The van der Waals surface area contributed by atoms with Crippen LogP contribution in [0.15, 0.2) is 128 Å². The summed E-state index contributed by atoms with van der Waals surface area (Å²) in [5.41, 5.74) is 14.7. The number of nitrogens with zero attached hydrogens (tertiary/aromatic N) is 9. The summed E-state index contributed by atoms with van der Waals surface area (Å²) in [5.74, 6) is 0.839. The van der Waals surface area contributed by atoms with Crippen LogP contribution in [0.5, 0.6) is 0 Å². The number of morpholine rings is 2. The molecule has 0 radical (unpaired) electrons. The second-order valence-corrected chi connectivity index (χ2v) is 15.0. The molecule has 0 spiro atoms. The molecular formula is C47H45ClN12O4. The van der Waals surface area contributed by atoms with Crippen molar-refractivity contribution in [2.24, 2.45) is 0 Å². The number of nitrogens with two attached hydrogens (primary N) is 1. The van der Waals surface area contributed by atoms with Crippen molar-refractivity contribution in [1.82, 2.24) is 29.9 Å². The first-order valence-electron chi connectivity index (χ1n) is 20.3. The Bertz CT molecular complexity index is 2890. The minimum absolute atomic E-state index is 0. The van der Waals surface area contributed by atoms with Gasteiger partial charge in [-0.3, -0.25) is 20.1 Å². The van der Waals surface area contributed by atoms with Crippen LogP contribution in [0.1, 0.15) is 7.43 Å². The molecule has 0 unspecified atom stereocenters. The van der Waals surface area contributed by atoms with E-state index in [-0.39, 0.29) is 18.3 Å². The van der Waals surface area contributed by atoms with E-state index in [1.165, 1.54) is 17.8 Å². The molecule has 2 aliphatic rings. The number of nitrogen functional groups attached to an aromatic ring is 1. The van der Waals surface area contributed by atoms with Crippen LogP contribution in [-0.4, -0.2) is 87.4 Å². The zero-order valence-electron chi connectivity index (χ0n) is 33.9. The van der Waals surface area contributed by atoms with Gasteiger partial charge < -0.3 is 35.6 Å². The fraction of sp³-hybridized carbons (Fsp3) is 0.191. The number of ether oxygens (including phenoxy) is 2. The zero-order valence-corrected chi connectivity index (χ0v) is 34.7. The van der Waals surface area contributed by atoms with Crippen LogP contribution in [0.25, 0.3) is 44.3 Å². The number of pyridine rings is 2. The molecule has 0 saturated carbocycles. The highest BCUT2D eigenvalue weighted by molar-refractivity contribution is 6.34. The summed E-state index contributed by atoms with van der Waals surface area (Å²) in [6.45, 7) is 6.56. The summed E-state index contributed by atoms with van der Waals surface area (Å²) in [4.78, 5) is 42.5. The van der Waals surface area contributed by atoms with E-state index in [1.54, 1.807) is 30.6 Å². The lowest BCUT2D eigenvalue weighted by Crippen LogP contribution is -2.36. The number of benzene rings is 4. The molecule has 2 fully saturated rings. The van der Waals surface area contributed by atoms with E-state index in [0.29, 0.717) is 39.7 Å². The molecule has 17 heteroatoms. The molecule has 8 aromatic rings. The maximum atomic E-state index is 11.2. The van der Waals surface area contributed by atoms with Crippen molar-refractivity contribution in [1.29, 1.82) is 0 Å². The zero-order chi connectivity index (χ0) is 43.1. The number of rotatable bonds is 9. The maximum absolute atomic E-state index is 11.2. The standard InChI is InChI=1S/C23H19ClN6O3.C23H22N6O.CH4/c24-22-19-8-9-25-20(15-2-1-3-18(14-15)30(31)32)21(19)27-23(28-22)26-16-4-6-17(7-5-16)29-10-12-33-13-11-29;24-18-3-1-2-16(14-18)21-22-17(8-9-25-21)15-26-23(28-22)27-19-4-6-20(7-5-19)29-10-12-30-13-11-29;/h1-9,14H,10-13H2,(H,26,27,28);1-9,14-15H,10-13,24H2,(H,26,27,28);1H4. The monoisotopic (exact) mass is 876 g/mol. The Balaban J connectivity index is 0.000000173. The lowest BCUT2D eigenvalue weighted by atomic mass is 10.1. The Hall–Kier alpha value is -7.53. The molecule has 16 nitrogen and oxygen atoms in total. The smallest absolute Gasteiger partial charge is 0.270 e. The number of fused-ring (bicyclic) bond motifs is 2. The van der Waals surface area contributed by atoms with Crippen molar-refractivity contribution in [2.75, 3.05) is 78.8 Å². The van der Waals surface area contributed by atoms with Gasteiger partial charge in [-0.1, -0.05) is 43.3 Å². The number of hydrogen-bond acceptors (Lipinski definition) is 15. The number of anilines is 7. The quantitative estimate of drug-likeness (QED) is 0.0537. The van der Waals surface area contributed by atoms with Gasteiger partial charge in [0, 0.05) is 107 Å². The van der Waals surface area contributed by atoms with Gasteiger partial charge in [-0.15, -0.1) is 0 Å². The number of halogens is 1. The molecule has 0 bridgehead atoms. The van der Waals surface area contributed by atoms with E-state index in [4.69, 9.17) is 31.8 Å². The van der Waals surface area contributed by atoms with Gasteiger partial charge in [0.05, 0.1) is 42.7 Å². The predicted molar refractivity (Wildman–Crippen MR) is 254 cm³/mol. The molecule has 6 heterocycles. The minimum Gasteiger partial charge on any atom is -0.399 e. The van der Waals surface area contributed by atoms with Crippen LogP contribution in [0, 0.1) is 10.1 Å². The molecule has 4 aromatic carbocycles. The summed E-state index contributed by atoms with van der Waals surface area (Å²) >= 11 is 6.45. The van der Waals surface area contributed by atoms with Crippen LogP contribution in [0.4, 0.5) is 46.0 Å². The molecule has 4 aromatic heterocycles. The fourth-order valence-electron chi connectivity index (χ4n) is 7.38. The maximum Gasteiger partial charge on any atom is 0.270 e. The summed E-state index contributed by atoms with van der Waals surface area (Å²) in [6, 6.07) is 33.8. The van der Waals surface area contributed by atoms with Crippen molar-refractivity contribution in [3.8, 4) is 22.5 Å². The van der Waals surface area contributed by atoms with Crippen LogP contribution in [-0.2, 0) is 9.47 Å². The summed E-state index contributed by atoms with van der Waals surface area (Å²) < 4.78 is 10.8. The number of hydrogen-bond donors (Lipinski definition) is 3. The molecule has 0 amide bonds. The Kier molecular flexibility index (Phi) is 13.3. The number of aromatic nitrogens is 6. The SMILES string of the molecule is C.Nc1cccc(-c2nccc3cnc(Nc4ccc(N5CCOCC5)cc4)nc23)c1.O=[N+]([O-])c1cccc(-c2nccc3c(Cl)nc(Nc4ccc(N5CCOCC5)cc4)nc23)c1. The molecule has 64 heavy (non-hydrogen) atoms. The molecular weight excluding hydrogens is 832 g/mol. The van der Waals surface area contributed by atoms with Gasteiger partial charge in [-0.25, -0.2) is 19.9 Å². The van der Waals surface area contributed by atoms with Gasteiger partial charge in [0.15, 0.2) is 0 Å². The van der Waals surface area contributed by atoms with Gasteiger partial charge in [0.1, 0.15) is 16.2 Å². The Morgan fingerprint density at radius 2 is 1.19 bits per heavy atom. The number of nitrogens with one attached hydrogen (secondary N) is 2. The molecule has 4 N–H and O–H groups in total. The highest BCUT2D eigenvalue weighted by Crippen LogP contribution is 2.33. The Morgan fingerprint density at radius 1 is 0.641 bits per heavy atom. The molecule has 0 atom stereocenters. The van der Waals surface area contributed by atoms with E-state index in [2.05, 4.69) is 57.5 Å². The summed E-state index contributed by atoms with van der Waals surface area (Å²) in [5, 5.41) is 19.5.